The molecule has 1 aromatic rings. The highest BCUT2D eigenvalue weighted by Crippen LogP contribution is 2.20. The van der Waals surface area contributed by atoms with Crippen LogP contribution in [-0.4, -0.2) is 27.9 Å². The molecule has 0 radical (unpaired) electrons. The maximum absolute atomic E-state index is 11.7. The van der Waals surface area contributed by atoms with E-state index in [1.807, 2.05) is 13.8 Å². The van der Waals surface area contributed by atoms with Crippen LogP contribution in [0.2, 0.25) is 0 Å². The molecule has 7 heteroatoms. The summed E-state index contributed by atoms with van der Waals surface area (Å²) in [7, 11) is 0. The molecule has 0 bridgehead atoms. The number of nitrogens with one attached hydrogen (secondary N) is 2. The molecule has 7 nitrogen and oxygen atoms in total. The summed E-state index contributed by atoms with van der Waals surface area (Å²) in [6.07, 6.45) is 1.43. The number of aromatic nitrogens is 1. The normalized spacial score (nSPS) is 12.0. The second-order valence-corrected chi connectivity index (χ2v) is 4.16. The monoisotopic (exact) mass is 252 g/mol. The van der Waals surface area contributed by atoms with E-state index >= 15 is 0 Å². The number of carbonyl (C=O) groups is 1. The molecule has 0 fully saturated rings. The molecule has 0 aliphatic carbocycles. The number of rotatable bonds is 5. The molecule has 0 aromatic carbocycles. The number of carbonyl (C=O) groups excluding carboxylic acids is 1. The fraction of sp³-hybridized carbons (Fsp3) is 0.455. The van der Waals surface area contributed by atoms with Crippen molar-refractivity contribution in [2.45, 2.75) is 32.9 Å². The van der Waals surface area contributed by atoms with Crippen molar-refractivity contribution in [1.82, 2.24) is 10.3 Å². The van der Waals surface area contributed by atoms with Crippen LogP contribution < -0.4 is 10.6 Å². The highest BCUT2D eigenvalue weighted by Gasteiger charge is 2.19. The number of nitrogens with zero attached hydrogens (tertiary/aromatic N) is 2. The molecule has 1 aromatic heterocycles. The summed E-state index contributed by atoms with van der Waals surface area (Å²) < 4.78 is 0. The molecule has 98 valence electrons. The van der Waals surface area contributed by atoms with Gasteiger partial charge in [0.05, 0.1) is 4.92 Å². The minimum Gasteiger partial charge on any atom is -0.353 e. The van der Waals surface area contributed by atoms with Crippen molar-refractivity contribution in [3.05, 3.63) is 28.4 Å². The van der Waals surface area contributed by atoms with Crippen LogP contribution in [0, 0.1) is 10.1 Å². The van der Waals surface area contributed by atoms with E-state index in [1.165, 1.54) is 18.3 Å². The molecule has 1 rings (SSSR count). The van der Waals surface area contributed by atoms with Crippen molar-refractivity contribution >= 4 is 17.4 Å². The topological polar surface area (TPSA) is 97.2 Å². The number of hydrogen-bond donors (Lipinski definition) is 2. The quantitative estimate of drug-likeness (QED) is 0.608. The first kappa shape index (κ1) is 13.9. The highest BCUT2D eigenvalue weighted by molar-refractivity contribution is 5.84. The molecule has 0 aliphatic rings. The zero-order chi connectivity index (χ0) is 13.7. The number of anilines is 1. The number of pyridine rings is 1. The van der Waals surface area contributed by atoms with Gasteiger partial charge in [-0.05, 0) is 26.8 Å². The molecule has 1 unspecified atom stereocenters. The van der Waals surface area contributed by atoms with Crippen LogP contribution in [0.4, 0.5) is 11.5 Å². The number of amides is 1. The first-order valence-electron chi connectivity index (χ1n) is 5.58. The molecule has 1 heterocycles. The van der Waals surface area contributed by atoms with Gasteiger partial charge in [0.25, 0.3) is 0 Å². The molecule has 18 heavy (non-hydrogen) atoms. The largest absolute Gasteiger partial charge is 0.353 e. The third kappa shape index (κ3) is 3.69. The Balaban J connectivity index is 2.78. The van der Waals surface area contributed by atoms with Gasteiger partial charge in [0.1, 0.15) is 6.04 Å². The van der Waals surface area contributed by atoms with Gasteiger partial charge in [-0.1, -0.05) is 0 Å². The van der Waals surface area contributed by atoms with Crippen LogP contribution in [0.1, 0.15) is 20.8 Å². The minimum absolute atomic E-state index is 0.0143. The molecule has 0 aliphatic heterocycles. The lowest BCUT2D eigenvalue weighted by Crippen LogP contribution is -2.41. The van der Waals surface area contributed by atoms with Gasteiger partial charge in [-0.25, -0.2) is 4.98 Å². The van der Waals surface area contributed by atoms with Crippen LogP contribution in [-0.2, 0) is 4.79 Å². The number of nitro groups is 1. The van der Waals surface area contributed by atoms with Gasteiger partial charge in [0.15, 0.2) is 0 Å². The van der Waals surface area contributed by atoms with Gasteiger partial charge >= 0.3 is 5.69 Å². The van der Waals surface area contributed by atoms with Gasteiger partial charge in [-0.15, -0.1) is 0 Å². The van der Waals surface area contributed by atoms with E-state index in [9.17, 15) is 14.9 Å². The lowest BCUT2D eigenvalue weighted by molar-refractivity contribution is -0.384. The molecule has 1 atom stereocenters. The van der Waals surface area contributed by atoms with E-state index in [4.69, 9.17) is 0 Å². The van der Waals surface area contributed by atoms with Crippen LogP contribution >= 0.6 is 0 Å². The molecule has 0 spiro atoms. The molecule has 2 N–H and O–H groups in total. The first-order valence-corrected chi connectivity index (χ1v) is 5.58. The fourth-order valence-corrected chi connectivity index (χ4v) is 1.34. The maximum atomic E-state index is 11.7. The van der Waals surface area contributed by atoms with Crippen molar-refractivity contribution in [2.75, 3.05) is 5.32 Å². The lowest BCUT2D eigenvalue weighted by atomic mass is 10.2. The molecular weight excluding hydrogens is 236 g/mol. The van der Waals surface area contributed by atoms with Crippen LogP contribution in [0.25, 0.3) is 0 Å². The predicted octanol–water partition coefficient (Wildman–Crippen LogP) is 1.31. The van der Waals surface area contributed by atoms with Gasteiger partial charge in [0, 0.05) is 18.3 Å². The first-order chi connectivity index (χ1) is 8.41. The Morgan fingerprint density at radius 2 is 2.11 bits per heavy atom. The average molecular weight is 252 g/mol. The van der Waals surface area contributed by atoms with Crippen LogP contribution in [0.3, 0.4) is 0 Å². The summed E-state index contributed by atoms with van der Waals surface area (Å²) >= 11 is 0. The lowest BCUT2D eigenvalue weighted by Gasteiger charge is -2.16. The Morgan fingerprint density at radius 3 is 2.67 bits per heavy atom. The second-order valence-electron chi connectivity index (χ2n) is 4.16. The molecular formula is C11H16N4O3. The SMILES string of the molecule is CC(C)NC(=O)C(C)Nc1ncccc1[N+](=O)[O-]. The van der Waals surface area contributed by atoms with Crippen molar-refractivity contribution in [2.24, 2.45) is 0 Å². The van der Waals surface area contributed by atoms with Crippen LogP contribution in [0.15, 0.2) is 18.3 Å². The van der Waals surface area contributed by atoms with E-state index < -0.39 is 11.0 Å². The van der Waals surface area contributed by atoms with Gasteiger partial charge < -0.3 is 10.6 Å². The van der Waals surface area contributed by atoms with Crippen molar-refractivity contribution in [3.8, 4) is 0 Å². The Kier molecular flexibility index (Phi) is 4.59. The molecule has 0 saturated heterocycles. The summed E-state index contributed by atoms with van der Waals surface area (Å²) in [6.45, 7) is 5.30. The standard InChI is InChI=1S/C11H16N4O3/c1-7(2)13-11(16)8(3)14-10-9(15(17)18)5-4-6-12-10/h4-8H,1-3H3,(H,12,14)(H,13,16). The average Bonchev–Trinajstić information content (AvgIpc) is 2.28. The predicted molar refractivity (Wildman–Crippen MR) is 67.3 cm³/mol. The smallest absolute Gasteiger partial charge is 0.311 e. The third-order valence-corrected chi connectivity index (χ3v) is 2.16. The van der Waals surface area contributed by atoms with Crippen molar-refractivity contribution < 1.29 is 9.72 Å². The van der Waals surface area contributed by atoms with E-state index in [-0.39, 0.29) is 23.5 Å². The Hall–Kier alpha value is -2.18. The summed E-state index contributed by atoms with van der Waals surface area (Å²) in [6, 6.07) is 2.23. The van der Waals surface area contributed by atoms with Gasteiger partial charge in [0.2, 0.25) is 11.7 Å². The Bertz CT molecular complexity index is 448. The van der Waals surface area contributed by atoms with Crippen LogP contribution in [0.5, 0.6) is 0 Å². The summed E-state index contributed by atoms with van der Waals surface area (Å²) in [5.41, 5.74) is -0.151. The van der Waals surface area contributed by atoms with E-state index in [0.717, 1.165) is 0 Å². The zero-order valence-corrected chi connectivity index (χ0v) is 10.5. The van der Waals surface area contributed by atoms with E-state index in [2.05, 4.69) is 15.6 Å². The van der Waals surface area contributed by atoms with E-state index in [0.29, 0.717) is 0 Å². The van der Waals surface area contributed by atoms with Gasteiger partial charge in [-0.2, -0.15) is 0 Å². The summed E-state index contributed by atoms with van der Waals surface area (Å²) in [5.74, 6) is -0.140. The number of hydrogen-bond acceptors (Lipinski definition) is 5. The third-order valence-electron chi connectivity index (χ3n) is 2.16. The van der Waals surface area contributed by atoms with Crippen molar-refractivity contribution in [3.63, 3.8) is 0 Å². The van der Waals surface area contributed by atoms with E-state index in [1.54, 1.807) is 6.92 Å². The zero-order valence-electron chi connectivity index (χ0n) is 10.5. The molecule has 1 amide bonds. The minimum atomic E-state index is -0.596. The Morgan fingerprint density at radius 1 is 1.44 bits per heavy atom. The van der Waals surface area contributed by atoms with Gasteiger partial charge in [-0.3, -0.25) is 14.9 Å². The molecule has 0 saturated carbocycles. The highest BCUT2D eigenvalue weighted by atomic mass is 16.6. The summed E-state index contributed by atoms with van der Waals surface area (Å²) in [5, 5.41) is 16.2. The summed E-state index contributed by atoms with van der Waals surface area (Å²) in [4.78, 5) is 25.8. The maximum Gasteiger partial charge on any atom is 0.311 e. The fourth-order valence-electron chi connectivity index (χ4n) is 1.34. The van der Waals surface area contributed by atoms with Crippen molar-refractivity contribution in [1.29, 1.82) is 0 Å². The Labute approximate surface area is 105 Å². The second kappa shape index (κ2) is 5.95.